The van der Waals surface area contributed by atoms with Gasteiger partial charge in [0.05, 0.1) is 5.56 Å². The lowest BCUT2D eigenvalue weighted by Crippen LogP contribution is -2.10. The summed E-state index contributed by atoms with van der Waals surface area (Å²) in [4.78, 5) is 0. The first kappa shape index (κ1) is 10.6. The number of hydrogen-bond donors (Lipinski definition) is 2. The van der Waals surface area contributed by atoms with Crippen molar-refractivity contribution in [3.8, 4) is 6.07 Å². The molecule has 0 heterocycles. The second-order valence-electron chi connectivity index (χ2n) is 2.70. The zero-order valence-corrected chi connectivity index (χ0v) is 7.04. The lowest BCUT2D eigenvalue weighted by molar-refractivity contribution is -0.0387. The molecule has 3 nitrogen and oxygen atoms in total. The average Bonchev–Trinajstić information content (AvgIpc) is 2.13. The van der Waals surface area contributed by atoms with Gasteiger partial charge in [0.15, 0.2) is 17.9 Å². The van der Waals surface area contributed by atoms with Gasteiger partial charge in [0.1, 0.15) is 6.07 Å². The molecule has 0 fully saturated rings. The molecule has 0 unspecified atom stereocenters. The second kappa shape index (κ2) is 4.13. The van der Waals surface area contributed by atoms with Crippen LogP contribution >= 0.6 is 0 Å². The summed E-state index contributed by atoms with van der Waals surface area (Å²) in [7, 11) is 0. The molecule has 5 heteroatoms. The highest BCUT2D eigenvalue weighted by molar-refractivity contribution is 5.34. The molecule has 0 saturated heterocycles. The highest BCUT2D eigenvalue weighted by atomic mass is 19.2. The third kappa shape index (κ3) is 2.05. The Morgan fingerprint density at radius 2 is 1.93 bits per heavy atom. The fourth-order valence-electron chi connectivity index (χ4n) is 1.03. The number of rotatable bonds is 2. The highest BCUT2D eigenvalue weighted by Gasteiger charge is 2.14. The van der Waals surface area contributed by atoms with Gasteiger partial charge in [-0.3, -0.25) is 0 Å². The quantitative estimate of drug-likeness (QED) is 0.689. The van der Waals surface area contributed by atoms with Gasteiger partial charge in [-0.25, -0.2) is 8.78 Å². The van der Waals surface area contributed by atoms with Crippen molar-refractivity contribution in [1.82, 2.24) is 0 Å². The Hall–Kier alpha value is -1.51. The lowest BCUT2D eigenvalue weighted by atomic mass is 10.1. The molecule has 0 aliphatic carbocycles. The fourth-order valence-corrected chi connectivity index (χ4v) is 1.03. The molecule has 1 rings (SSSR count). The van der Waals surface area contributed by atoms with Gasteiger partial charge in [-0.05, 0) is 11.6 Å². The molecular weight excluding hydrogens is 192 g/mol. The summed E-state index contributed by atoms with van der Waals surface area (Å²) in [5.41, 5.74) is -0.574. The van der Waals surface area contributed by atoms with Crippen LogP contribution in [0, 0.1) is 23.0 Å². The fraction of sp³-hybridized carbons (Fsp3) is 0.222. The highest BCUT2D eigenvalue weighted by Crippen LogP contribution is 2.16. The van der Waals surface area contributed by atoms with Crippen LogP contribution in [0.1, 0.15) is 11.1 Å². The number of halogens is 2. The maximum Gasteiger partial charge on any atom is 0.176 e. The topological polar surface area (TPSA) is 64.2 Å². The molecule has 14 heavy (non-hydrogen) atoms. The minimum atomic E-state index is -1.74. The van der Waals surface area contributed by atoms with Crippen LogP contribution in [0.3, 0.4) is 0 Å². The summed E-state index contributed by atoms with van der Waals surface area (Å²) in [6.45, 7) is 0. The van der Waals surface area contributed by atoms with Crippen molar-refractivity contribution in [2.45, 2.75) is 12.7 Å². The van der Waals surface area contributed by atoms with Crippen molar-refractivity contribution >= 4 is 0 Å². The first-order valence-electron chi connectivity index (χ1n) is 3.79. The Bertz CT molecular complexity index is 385. The SMILES string of the molecule is N#Cc1ccc(CC(O)O)c(F)c1F. The van der Waals surface area contributed by atoms with E-state index in [1.165, 1.54) is 6.07 Å². The lowest BCUT2D eigenvalue weighted by Gasteiger charge is -2.05. The van der Waals surface area contributed by atoms with Gasteiger partial charge < -0.3 is 10.2 Å². The molecule has 1 aromatic carbocycles. The zero-order chi connectivity index (χ0) is 10.7. The summed E-state index contributed by atoms with van der Waals surface area (Å²) in [6, 6.07) is 3.72. The third-order valence-electron chi connectivity index (χ3n) is 1.69. The van der Waals surface area contributed by atoms with Gasteiger partial charge in [-0.1, -0.05) is 6.07 Å². The van der Waals surface area contributed by atoms with Gasteiger partial charge in [0.25, 0.3) is 0 Å². The van der Waals surface area contributed by atoms with Gasteiger partial charge in [-0.2, -0.15) is 5.26 Å². The first-order chi connectivity index (χ1) is 6.56. The Morgan fingerprint density at radius 3 is 2.43 bits per heavy atom. The van der Waals surface area contributed by atoms with Crippen LogP contribution in [0.4, 0.5) is 8.78 Å². The molecule has 0 bridgehead atoms. The van der Waals surface area contributed by atoms with E-state index in [1.54, 1.807) is 0 Å². The maximum absolute atomic E-state index is 13.1. The average molecular weight is 199 g/mol. The molecule has 0 spiro atoms. The van der Waals surface area contributed by atoms with Crippen LogP contribution in [0.2, 0.25) is 0 Å². The van der Waals surface area contributed by atoms with Crippen molar-refractivity contribution in [3.05, 3.63) is 34.9 Å². The molecule has 0 amide bonds. The van der Waals surface area contributed by atoms with E-state index in [4.69, 9.17) is 15.5 Å². The number of hydrogen-bond acceptors (Lipinski definition) is 3. The van der Waals surface area contributed by atoms with Crippen molar-refractivity contribution in [2.24, 2.45) is 0 Å². The molecule has 0 aromatic heterocycles. The third-order valence-corrected chi connectivity index (χ3v) is 1.69. The van der Waals surface area contributed by atoms with E-state index in [2.05, 4.69) is 0 Å². The molecule has 0 atom stereocenters. The molecule has 74 valence electrons. The van der Waals surface area contributed by atoms with E-state index in [9.17, 15) is 8.78 Å². The predicted molar refractivity (Wildman–Crippen MR) is 43.0 cm³/mol. The Labute approximate surface area is 78.8 Å². The molecule has 0 aliphatic heterocycles. The van der Waals surface area contributed by atoms with Gasteiger partial charge in [0, 0.05) is 6.42 Å². The van der Waals surface area contributed by atoms with Crippen LogP contribution in [0.25, 0.3) is 0 Å². The van der Waals surface area contributed by atoms with Crippen molar-refractivity contribution in [3.63, 3.8) is 0 Å². The minimum absolute atomic E-state index is 0.170. The van der Waals surface area contributed by atoms with Crippen molar-refractivity contribution < 1.29 is 19.0 Å². The van der Waals surface area contributed by atoms with Crippen LogP contribution in [-0.4, -0.2) is 16.5 Å². The summed E-state index contributed by atoms with van der Waals surface area (Å²) in [6.07, 6.45) is -2.15. The molecule has 2 N–H and O–H groups in total. The van der Waals surface area contributed by atoms with Crippen molar-refractivity contribution in [2.75, 3.05) is 0 Å². The number of nitriles is 1. The van der Waals surface area contributed by atoms with E-state index in [-0.39, 0.29) is 5.56 Å². The zero-order valence-electron chi connectivity index (χ0n) is 7.04. The molecular formula is C9H7F2NO2. The second-order valence-corrected chi connectivity index (χ2v) is 2.70. The number of benzene rings is 1. The van der Waals surface area contributed by atoms with Gasteiger partial charge >= 0.3 is 0 Å². The summed E-state index contributed by atoms with van der Waals surface area (Å²) >= 11 is 0. The van der Waals surface area contributed by atoms with Gasteiger partial charge in [0.2, 0.25) is 0 Å². The van der Waals surface area contributed by atoms with Gasteiger partial charge in [-0.15, -0.1) is 0 Å². The van der Waals surface area contributed by atoms with E-state index in [1.807, 2.05) is 0 Å². The summed E-state index contributed by atoms with van der Waals surface area (Å²) in [5.74, 6) is -2.47. The number of aliphatic hydroxyl groups is 2. The minimum Gasteiger partial charge on any atom is -0.368 e. The predicted octanol–water partition coefficient (Wildman–Crippen LogP) is 0.690. The van der Waals surface area contributed by atoms with E-state index in [0.29, 0.717) is 0 Å². The maximum atomic E-state index is 13.1. The van der Waals surface area contributed by atoms with Crippen LogP contribution in [0.15, 0.2) is 12.1 Å². The monoisotopic (exact) mass is 199 g/mol. The Balaban J connectivity index is 3.12. The standard InChI is InChI=1S/C9H7F2NO2/c10-8-5(3-7(13)14)1-2-6(4-12)9(8)11/h1-2,7,13-14H,3H2. The van der Waals surface area contributed by atoms with Crippen molar-refractivity contribution in [1.29, 1.82) is 5.26 Å². The number of aliphatic hydroxyl groups excluding tert-OH is 1. The van der Waals surface area contributed by atoms with Crippen LogP contribution in [-0.2, 0) is 6.42 Å². The Kier molecular flexibility index (Phi) is 3.12. The summed E-state index contributed by atoms with van der Waals surface area (Å²) < 4.78 is 26.0. The molecule has 0 radical (unpaired) electrons. The largest absolute Gasteiger partial charge is 0.368 e. The van der Waals surface area contributed by atoms with Crippen LogP contribution < -0.4 is 0 Å². The smallest absolute Gasteiger partial charge is 0.176 e. The van der Waals surface area contributed by atoms with E-state index < -0.39 is 29.9 Å². The molecule has 1 aromatic rings. The van der Waals surface area contributed by atoms with E-state index >= 15 is 0 Å². The van der Waals surface area contributed by atoms with Crippen LogP contribution in [0.5, 0.6) is 0 Å². The van der Waals surface area contributed by atoms with E-state index in [0.717, 1.165) is 12.1 Å². The number of nitrogens with zero attached hydrogens (tertiary/aromatic N) is 1. The first-order valence-corrected chi connectivity index (χ1v) is 3.79. The Morgan fingerprint density at radius 1 is 1.29 bits per heavy atom. The normalized spacial score (nSPS) is 10.3. The molecule has 0 saturated carbocycles. The molecule has 0 aliphatic rings. The summed E-state index contributed by atoms with van der Waals surface area (Å²) in [5, 5.41) is 25.5.